The summed E-state index contributed by atoms with van der Waals surface area (Å²) >= 11 is 5.29. The molecule has 0 unspecified atom stereocenters. The number of hydrogen-bond donors (Lipinski definition) is 4. The van der Waals surface area contributed by atoms with Gasteiger partial charge < -0.3 is 40.9 Å². The van der Waals surface area contributed by atoms with Gasteiger partial charge in [-0.3, -0.25) is 19.2 Å². The molecule has 134 heavy (non-hydrogen) atoms. The Bertz CT molecular complexity index is 6970. The van der Waals surface area contributed by atoms with Crippen LogP contribution in [0.25, 0.3) is 22.6 Å². The molecule has 4 saturated heterocycles. The third-order valence-corrected chi connectivity index (χ3v) is 31.7. The van der Waals surface area contributed by atoms with Gasteiger partial charge in [0.2, 0.25) is 10.0 Å². The highest BCUT2D eigenvalue weighted by molar-refractivity contribution is 7.14. The van der Waals surface area contributed by atoms with Crippen LogP contribution in [-0.4, -0.2) is 139 Å². The van der Waals surface area contributed by atoms with Gasteiger partial charge in [0.25, 0.3) is 23.6 Å². The Labute approximate surface area is 772 Å². The molecule has 10 aliphatic rings. The summed E-state index contributed by atoms with van der Waals surface area (Å²) < 4.78 is 121. The van der Waals surface area contributed by atoms with Crippen molar-refractivity contribution >= 4 is 138 Å². The van der Waals surface area contributed by atoms with Crippen molar-refractivity contribution in [3.05, 3.63) is 268 Å². The highest BCUT2D eigenvalue weighted by Crippen LogP contribution is 2.68. The lowest BCUT2D eigenvalue weighted by atomic mass is 10.0. The quantitative estimate of drug-likeness (QED) is 0.0546. The molecule has 0 spiro atoms. The first-order chi connectivity index (χ1) is 64.9. The predicted octanol–water partition coefficient (Wildman–Crippen LogP) is 17.3. The van der Waals surface area contributed by atoms with Gasteiger partial charge in [0, 0.05) is 91.0 Å². The minimum Gasteiger partial charge on any atom is -0.346 e. The standard InChI is InChI=1S/C24H20F2N6OS.C24H22F2N6OS.C23H19F2N7OS.C21H17F2N7OS/c25-15-3-4-17(26)16(9-15)24-10-14(24)5-7-31(24)20-6-8-32-21(30-20)18(11-28-32)29-22(33)19-12-27-23(34-19)13-1-2-13;1-13(2)23-27-12-19(34-23)22(33)29-18-11-28-32-8-6-20(30-21(18)32)31-7-5-14-10-24(14,31)16-9-15(25)3-4-17(16)26;24-14-3-4-16(25)15(9-14)23-10-13(23)5-7-31(23)18-6-8-32-19(28-18)17(11-26-32)27-20(33)22-30-29-21(34-22)12-1-2-12;1-11-27-28-20(32-11)19(31)25-16-10-24-30-7-5-17(26-18(16)30)29-6-4-12-9-21(12,29)14-8-13(22)2-3-15(14)23/h3-4,6,8-9,11-14H,1-2,5,7,10H2,(H,29,33);3-4,6,8-9,11-14H,5,7,10H2,1-2H3,(H,29,33);3-4,6,8-9,11-13H,1-2,5,7,10H2,(H,27,33);2-3,5,7-8,10,12H,4,6,9H2,1H3,(H,25,31)/t2*14-,24+;13-,23+;12-,21+/m0000/s1. The van der Waals surface area contributed by atoms with Crippen LogP contribution in [0.3, 0.4) is 0 Å². The van der Waals surface area contributed by atoms with Crippen LogP contribution in [0.15, 0.2) is 159 Å². The fraction of sp³-hybridized carbons (Fsp3) is 0.326. The molecule has 4 amide bonds. The molecule has 42 heteroatoms. The van der Waals surface area contributed by atoms with E-state index in [0.717, 1.165) is 116 Å². The van der Waals surface area contributed by atoms with E-state index in [1.807, 2.05) is 36.9 Å². The third-order valence-electron chi connectivity index (χ3n) is 27.3. The molecule has 16 aromatic rings. The van der Waals surface area contributed by atoms with E-state index in [0.29, 0.717) is 149 Å². The number of aryl methyl sites for hydroxylation is 1. The third kappa shape index (κ3) is 14.7. The first-order valence-electron chi connectivity index (χ1n) is 44.0. The minimum atomic E-state index is -0.592. The lowest BCUT2D eigenvalue weighted by Crippen LogP contribution is -2.34. The highest BCUT2D eigenvalue weighted by atomic mass is 32.1. The van der Waals surface area contributed by atoms with Crippen LogP contribution < -0.4 is 40.9 Å². The molecule has 6 saturated carbocycles. The molecule has 16 heterocycles. The maximum absolute atomic E-state index is 14.7. The van der Waals surface area contributed by atoms with Crippen LogP contribution >= 0.6 is 45.3 Å². The van der Waals surface area contributed by atoms with Gasteiger partial charge in [0.1, 0.15) is 112 Å². The van der Waals surface area contributed by atoms with E-state index >= 15 is 0 Å². The maximum Gasteiger partial charge on any atom is 0.286 e. The van der Waals surface area contributed by atoms with E-state index in [9.17, 15) is 54.3 Å². The summed E-state index contributed by atoms with van der Waals surface area (Å²) in [5.41, 5.74) is 2.92. The van der Waals surface area contributed by atoms with E-state index in [4.69, 9.17) is 19.9 Å². The Hall–Kier alpha value is -13.7. The van der Waals surface area contributed by atoms with Crippen molar-refractivity contribution in [2.24, 2.45) is 23.7 Å². The van der Waals surface area contributed by atoms with Gasteiger partial charge in [-0.15, -0.1) is 43.1 Å². The van der Waals surface area contributed by atoms with E-state index in [1.54, 1.807) is 86.8 Å². The second-order valence-electron chi connectivity index (χ2n) is 35.7. The van der Waals surface area contributed by atoms with Crippen molar-refractivity contribution in [2.45, 2.75) is 138 Å². The number of amides is 4. The first kappa shape index (κ1) is 84.5. The summed E-state index contributed by atoms with van der Waals surface area (Å²) in [4.78, 5) is 88.0. The van der Waals surface area contributed by atoms with Gasteiger partial charge in [-0.25, -0.2) is 83.1 Å². The summed E-state index contributed by atoms with van der Waals surface area (Å²) in [7, 11) is 0. The fourth-order valence-corrected chi connectivity index (χ4v) is 23.6. The van der Waals surface area contributed by atoms with Gasteiger partial charge in [-0.05, 0) is 205 Å². The normalized spacial score (nSPS) is 22.4. The monoisotopic (exact) mass is 1890 g/mol. The summed E-state index contributed by atoms with van der Waals surface area (Å²) in [5, 5.41) is 48.5. The number of rotatable bonds is 19. The molecule has 12 aromatic heterocycles. The molecule has 10 fully saturated rings. The lowest BCUT2D eigenvalue weighted by molar-refractivity contribution is 0.101. The number of aromatic nitrogens is 18. The molecule has 0 bridgehead atoms. The van der Waals surface area contributed by atoms with E-state index in [-0.39, 0.29) is 58.2 Å². The number of thiazole rings is 2. The number of carbonyl (C=O) groups is 4. The first-order valence-corrected chi connectivity index (χ1v) is 47.2. The van der Waals surface area contributed by atoms with Gasteiger partial charge in [0.05, 0.1) is 69.4 Å². The minimum absolute atomic E-state index is 0.242. The number of halogens is 8. The Morgan fingerprint density at radius 3 is 1.01 bits per heavy atom. The summed E-state index contributed by atoms with van der Waals surface area (Å²) in [6.45, 7) is 8.60. The van der Waals surface area contributed by atoms with Gasteiger partial charge in [-0.2, -0.15) is 20.4 Å². The maximum atomic E-state index is 14.7. The molecular formula is C92H78F8N26O4S4. The van der Waals surface area contributed by atoms with Crippen molar-refractivity contribution in [3.63, 3.8) is 0 Å². The molecule has 4 aromatic carbocycles. The molecule has 30 nitrogen and oxygen atoms in total. The average molecular weight is 1890 g/mol. The number of nitrogens with one attached hydrogen (secondary N) is 4. The van der Waals surface area contributed by atoms with E-state index < -0.39 is 68.7 Å². The topological polar surface area (TPSA) is 327 Å². The zero-order chi connectivity index (χ0) is 91.7. The van der Waals surface area contributed by atoms with Gasteiger partial charge in [-0.1, -0.05) is 36.5 Å². The second kappa shape index (κ2) is 32.3. The fourth-order valence-electron chi connectivity index (χ4n) is 20.3. The van der Waals surface area contributed by atoms with Crippen molar-refractivity contribution < 1.29 is 54.3 Å². The molecule has 680 valence electrons. The number of carbonyl (C=O) groups excluding carboxylic acids is 4. The zero-order valence-electron chi connectivity index (χ0n) is 71.5. The van der Waals surface area contributed by atoms with Crippen molar-refractivity contribution in [1.29, 1.82) is 0 Å². The Morgan fingerprint density at radius 1 is 0.366 bits per heavy atom. The molecule has 0 radical (unpaired) electrons. The molecular weight excluding hydrogens is 1810 g/mol. The smallest absolute Gasteiger partial charge is 0.286 e. The van der Waals surface area contributed by atoms with E-state index in [1.165, 1.54) is 100 Å². The van der Waals surface area contributed by atoms with Crippen LogP contribution in [0.5, 0.6) is 0 Å². The average Bonchev–Trinajstić information content (AvgIpc) is 1.54. The Morgan fingerprint density at radius 2 is 0.687 bits per heavy atom. The van der Waals surface area contributed by atoms with Crippen LogP contribution in [0.4, 0.5) is 81.1 Å². The van der Waals surface area contributed by atoms with Crippen molar-refractivity contribution in [1.82, 2.24) is 88.8 Å². The Kier molecular flexibility index (Phi) is 20.4. The Balaban J connectivity index is 0.000000101. The molecule has 4 aliphatic heterocycles. The number of benzene rings is 4. The number of nitrogens with zero attached hydrogens (tertiary/aromatic N) is 22. The van der Waals surface area contributed by atoms with Crippen molar-refractivity contribution in [2.75, 3.05) is 67.0 Å². The summed E-state index contributed by atoms with van der Waals surface area (Å²) in [6.07, 6.45) is 27.4. The van der Waals surface area contributed by atoms with Crippen LogP contribution in [-0.2, 0) is 22.2 Å². The molecule has 8 atom stereocenters. The van der Waals surface area contributed by atoms with Crippen LogP contribution in [0.1, 0.15) is 190 Å². The number of piperidine rings is 4. The molecule has 6 aliphatic carbocycles. The zero-order valence-corrected chi connectivity index (χ0v) is 74.8. The second-order valence-corrected chi connectivity index (χ2v) is 40.0. The number of hydrogen-bond acceptors (Lipinski definition) is 26. The van der Waals surface area contributed by atoms with Crippen LogP contribution in [0.2, 0.25) is 0 Å². The highest BCUT2D eigenvalue weighted by Gasteiger charge is 2.68. The molecule has 26 rings (SSSR count). The van der Waals surface area contributed by atoms with Gasteiger partial charge in [0.15, 0.2) is 22.6 Å². The van der Waals surface area contributed by atoms with E-state index in [2.05, 4.69) is 86.7 Å². The number of fused-ring (bicyclic) bond motifs is 8. The van der Waals surface area contributed by atoms with Crippen LogP contribution in [0, 0.1) is 77.1 Å². The van der Waals surface area contributed by atoms with Gasteiger partial charge >= 0.3 is 0 Å². The molecule has 4 N–H and O–H groups in total. The lowest BCUT2D eigenvalue weighted by Gasteiger charge is -2.30. The number of anilines is 8. The summed E-state index contributed by atoms with van der Waals surface area (Å²) in [6, 6.07) is 21.8. The van der Waals surface area contributed by atoms with Crippen molar-refractivity contribution in [3.8, 4) is 0 Å². The SMILES string of the molecule is CC(C)c1ncc(C(=O)Nc2cnn3ccc(N4CC[C@H]5C[C@]54c4cc(F)ccc4F)nc23)s1.Cc1nnc(C(=O)Nc2cnn3ccc(N4CC[C@H]5C[C@]54c4cc(F)ccc4F)nc23)s1.O=C(Nc1cnn2ccc(N3CC[C@H]4C[C@]43c3cc(F)ccc3F)nc12)c1cnc(C2CC2)s1.O=C(Nc1cnn2ccc(N3CC[C@H]4C[C@]43c3cc(F)ccc3F)nc12)c1nnc(C2CC2)s1. The summed E-state index contributed by atoms with van der Waals surface area (Å²) in [5.74, 6) is 0.0923. The largest absolute Gasteiger partial charge is 0.346 e. The predicted molar refractivity (Wildman–Crippen MR) is 483 cm³/mol.